The third kappa shape index (κ3) is 1.75. The van der Waals surface area contributed by atoms with Crippen molar-refractivity contribution in [1.29, 1.82) is 0 Å². The van der Waals surface area contributed by atoms with E-state index in [0.717, 1.165) is 38.1 Å². The molecular formula is C10H16N2O. The number of aromatic nitrogens is 2. The minimum absolute atomic E-state index is 0.170. The first-order chi connectivity index (χ1) is 6.29. The van der Waals surface area contributed by atoms with Crippen LogP contribution >= 0.6 is 0 Å². The van der Waals surface area contributed by atoms with E-state index in [0.29, 0.717) is 0 Å². The number of rotatable bonds is 2. The highest BCUT2D eigenvalue weighted by molar-refractivity contribution is 5.07. The molecule has 3 nitrogen and oxygen atoms in total. The first-order valence-corrected chi connectivity index (χ1v) is 5.02. The molecule has 1 unspecified atom stereocenters. The average molecular weight is 180 g/mol. The lowest BCUT2D eigenvalue weighted by molar-refractivity contribution is 0.130. The number of aryl methyl sites for hydroxylation is 2. The predicted octanol–water partition coefficient (Wildman–Crippen LogP) is 1.14. The Kier molecular flexibility index (Phi) is 2.36. The second-order valence-electron chi connectivity index (χ2n) is 3.74. The number of hydrogen-bond acceptors (Lipinski definition) is 2. The van der Waals surface area contributed by atoms with Gasteiger partial charge in [0.2, 0.25) is 0 Å². The molecular weight excluding hydrogens is 164 g/mol. The lowest BCUT2D eigenvalue weighted by atomic mass is 10.1. The Morgan fingerprint density at radius 1 is 1.69 bits per heavy atom. The molecule has 1 N–H and O–H groups in total. The van der Waals surface area contributed by atoms with Crippen molar-refractivity contribution in [3.05, 3.63) is 17.7 Å². The molecule has 1 aliphatic rings. The van der Waals surface area contributed by atoms with E-state index in [-0.39, 0.29) is 6.10 Å². The Balaban J connectivity index is 2.18. The Labute approximate surface area is 78.4 Å². The van der Waals surface area contributed by atoms with Gasteiger partial charge in [-0.1, -0.05) is 13.3 Å². The monoisotopic (exact) mass is 180 g/mol. The molecule has 2 heterocycles. The topological polar surface area (TPSA) is 38.0 Å². The van der Waals surface area contributed by atoms with Crippen LogP contribution in [0.3, 0.4) is 0 Å². The average Bonchev–Trinajstić information content (AvgIpc) is 2.46. The lowest BCUT2D eigenvalue weighted by Gasteiger charge is -2.18. The maximum atomic E-state index is 9.45. The van der Waals surface area contributed by atoms with Crippen molar-refractivity contribution >= 4 is 0 Å². The molecule has 1 aromatic rings. The zero-order valence-electron chi connectivity index (χ0n) is 8.03. The van der Waals surface area contributed by atoms with Crippen molar-refractivity contribution in [3.63, 3.8) is 0 Å². The molecule has 72 valence electrons. The van der Waals surface area contributed by atoms with Crippen molar-refractivity contribution < 1.29 is 5.11 Å². The van der Waals surface area contributed by atoms with Gasteiger partial charge in [0, 0.05) is 19.2 Å². The van der Waals surface area contributed by atoms with Gasteiger partial charge in [-0.25, -0.2) is 4.98 Å². The second-order valence-corrected chi connectivity index (χ2v) is 3.74. The first-order valence-electron chi connectivity index (χ1n) is 5.02. The largest absolute Gasteiger partial charge is 0.391 e. The molecule has 1 aliphatic heterocycles. The van der Waals surface area contributed by atoms with E-state index < -0.39 is 0 Å². The quantitative estimate of drug-likeness (QED) is 0.741. The maximum absolute atomic E-state index is 9.45. The summed E-state index contributed by atoms with van der Waals surface area (Å²) in [5.41, 5.74) is 1.17. The molecule has 1 atom stereocenters. The van der Waals surface area contributed by atoms with Gasteiger partial charge in [0.15, 0.2) is 0 Å². The highest BCUT2D eigenvalue weighted by Gasteiger charge is 2.17. The van der Waals surface area contributed by atoms with Gasteiger partial charge < -0.3 is 9.67 Å². The summed E-state index contributed by atoms with van der Waals surface area (Å²) >= 11 is 0. The zero-order valence-corrected chi connectivity index (χ0v) is 8.03. The van der Waals surface area contributed by atoms with E-state index in [1.165, 1.54) is 5.69 Å². The summed E-state index contributed by atoms with van der Waals surface area (Å²) in [5, 5.41) is 9.45. The van der Waals surface area contributed by atoms with Crippen LogP contribution in [0.2, 0.25) is 0 Å². The van der Waals surface area contributed by atoms with Crippen LogP contribution in [0.25, 0.3) is 0 Å². The Hall–Kier alpha value is -0.830. The Morgan fingerprint density at radius 2 is 2.54 bits per heavy atom. The van der Waals surface area contributed by atoms with Crippen LogP contribution in [-0.2, 0) is 19.4 Å². The second kappa shape index (κ2) is 3.50. The van der Waals surface area contributed by atoms with Gasteiger partial charge in [0.1, 0.15) is 5.82 Å². The van der Waals surface area contributed by atoms with Gasteiger partial charge in [-0.15, -0.1) is 0 Å². The van der Waals surface area contributed by atoms with Gasteiger partial charge in [-0.3, -0.25) is 0 Å². The smallest absolute Gasteiger partial charge is 0.109 e. The van der Waals surface area contributed by atoms with E-state index in [2.05, 4.69) is 22.7 Å². The van der Waals surface area contributed by atoms with Crippen LogP contribution in [0, 0.1) is 0 Å². The molecule has 3 heteroatoms. The van der Waals surface area contributed by atoms with Gasteiger partial charge in [0.05, 0.1) is 11.8 Å². The standard InChI is InChI=1S/C10H16N2O/c1-2-3-8-6-12-7-9(13)4-5-10(12)11-8/h6,9,13H,2-5,7H2,1H3. The number of nitrogens with zero attached hydrogens (tertiary/aromatic N) is 2. The number of fused-ring (bicyclic) bond motifs is 1. The van der Waals surface area contributed by atoms with Crippen LogP contribution in [0.1, 0.15) is 31.3 Å². The third-order valence-corrected chi connectivity index (χ3v) is 2.52. The Morgan fingerprint density at radius 3 is 3.31 bits per heavy atom. The third-order valence-electron chi connectivity index (χ3n) is 2.52. The van der Waals surface area contributed by atoms with Crippen molar-refractivity contribution in [2.75, 3.05) is 0 Å². The first kappa shape index (κ1) is 8.75. The summed E-state index contributed by atoms with van der Waals surface area (Å²) in [6.45, 7) is 2.89. The molecule has 0 spiro atoms. The predicted molar refractivity (Wildman–Crippen MR) is 50.5 cm³/mol. The normalized spacial score (nSPS) is 21.5. The fourth-order valence-electron chi connectivity index (χ4n) is 1.86. The van der Waals surface area contributed by atoms with Crippen LogP contribution in [0.15, 0.2) is 6.20 Å². The summed E-state index contributed by atoms with van der Waals surface area (Å²) in [6, 6.07) is 0. The van der Waals surface area contributed by atoms with Crippen molar-refractivity contribution in [1.82, 2.24) is 9.55 Å². The molecule has 0 radical (unpaired) electrons. The molecule has 13 heavy (non-hydrogen) atoms. The molecule has 2 rings (SSSR count). The van der Waals surface area contributed by atoms with Crippen LogP contribution in [0.4, 0.5) is 0 Å². The zero-order chi connectivity index (χ0) is 9.26. The summed E-state index contributed by atoms with van der Waals surface area (Å²) < 4.78 is 2.10. The van der Waals surface area contributed by atoms with E-state index in [1.807, 2.05) is 0 Å². The maximum Gasteiger partial charge on any atom is 0.109 e. The SMILES string of the molecule is CCCc1cn2c(n1)CCC(O)C2. The van der Waals surface area contributed by atoms with Gasteiger partial charge in [0.25, 0.3) is 0 Å². The molecule has 0 saturated carbocycles. The van der Waals surface area contributed by atoms with Crippen molar-refractivity contribution in [3.8, 4) is 0 Å². The van der Waals surface area contributed by atoms with Gasteiger partial charge in [-0.05, 0) is 12.8 Å². The molecule has 0 fully saturated rings. The molecule has 1 aromatic heterocycles. The fraction of sp³-hybridized carbons (Fsp3) is 0.700. The van der Waals surface area contributed by atoms with Crippen LogP contribution in [0.5, 0.6) is 0 Å². The fourth-order valence-corrected chi connectivity index (χ4v) is 1.86. The Bertz CT molecular complexity index is 293. The molecule has 0 aromatic carbocycles. The number of imidazole rings is 1. The molecule has 0 bridgehead atoms. The summed E-state index contributed by atoms with van der Waals surface area (Å²) in [5.74, 6) is 1.15. The van der Waals surface area contributed by atoms with Gasteiger partial charge in [-0.2, -0.15) is 0 Å². The lowest BCUT2D eigenvalue weighted by Crippen LogP contribution is -2.23. The highest BCUT2D eigenvalue weighted by Crippen LogP contribution is 2.15. The van der Waals surface area contributed by atoms with E-state index in [4.69, 9.17) is 0 Å². The minimum atomic E-state index is -0.170. The van der Waals surface area contributed by atoms with Gasteiger partial charge >= 0.3 is 0 Å². The molecule has 0 aliphatic carbocycles. The van der Waals surface area contributed by atoms with Crippen molar-refractivity contribution in [2.45, 2.75) is 45.3 Å². The summed E-state index contributed by atoms with van der Waals surface area (Å²) in [4.78, 5) is 4.53. The van der Waals surface area contributed by atoms with E-state index in [1.54, 1.807) is 0 Å². The van der Waals surface area contributed by atoms with E-state index >= 15 is 0 Å². The van der Waals surface area contributed by atoms with Crippen molar-refractivity contribution in [2.24, 2.45) is 0 Å². The number of hydrogen-bond donors (Lipinski definition) is 1. The summed E-state index contributed by atoms with van der Waals surface area (Å²) in [7, 11) is 0. The molecule has 0 amide bonds. The number of aliphatic hydroxyl groups is 1. The molecule has 0 saturated heterocycles. The van der Waals surface area contributed by atoms with E-state index in [9.17, 15) is 5.11 Å². The summed E-state index contributed by atoms with van der Waals surface area (Å²) in [6.07, 6.45) is 5.89. The highest BCUT2D eigenvalue weighted by atomic mass is 16.3. The number of aliphatic hydroxyl groups excluding tert-OH is 1. The van der Waals surface area contributed by atoms with Crippen LogP contribution < -0.4 is 0 Å². The minimum Gasteiger partial charge on any atom is -0.391 e. The van der Waals surface area contributed by atoms with Crippen LogP contribution in [-0.4, -0.2) is 20.8 Å².